The summed E-state index contributed by atoms with van der Waals surface area (Å²) < 4.78 is 80.8. The number of esters is 8. The van der Waals surface area contributed by atoms with Gasteiger partial charge in [-0.3, -0.25) is 38.4 Å². The van der Waals surface area contributed by atoms with Crippen LogP contribution in [0.4, 0.5) is 0 Å². The molecule has 23 heteroatoms. The quantitative estimate of drug-likeness (QED) is 0.130. The van der Waals surface area contributed by atoms with Crippen LogP contribution in [0.3, 0.4) is 0 Å². The maximum atomic E-state index is 13.2. The third kappa shape index (κ3) is 16.5. The lowest BCUT2D eigenvalue weighted by atomic mass is 9.99. The first-order valence-electron chi connectivity index (χ1n) is 16.6. The molecule has 0 aliphatic carbocycles. The molecule has 0 unspecified atom stereocenters. The molecule has 2 heterocycles. The molecule has 0 aromatic carbocycles. The topological polar surface area (TPSA) is 263 Å². The minimum atomic E-state index is -3.87. The highest BCUT2D eigenvalue weighted by Crippen LogP contribution is 2.36. The van der Waals surface area contributed by atoms with Gasteiger partial charge in [-0.15, -0.1) is 23.5 Å². The largest absolute Gasteiger partial charge is 0.463 e. The smallest absolute Gasteiger partial charge is 0.303 e. The summed E-state index contributed by atoms with van der Waals surface area (Å²) in [6, 6.07) is 0. The van der Waals surface area contributed by atoms with Gasteiger partial charge in [0.1, 0.15) is 36.3 Å². The molecule has 0 amide bonds. The minimum Gasteiger partial charge on any atom is -0.463 e. The van der Waals surface area contributed by atoms with E-state index >= 15 is 0 Å². The zero-order valence-electron chi connectivity index (χ0n) is 31.4. The molecule has 2 fully saturated rings. The molecule has 0 saturated carbocycles. The average Bonchev–Trinajstić information content (AvgIpc) is 3.03. The monoisotopic (exact) mass is 846 g/mol. The number of ether oxygens (including phenoxy) is 10. The highest BCUT2D eigenvalue weighted by atomic mass is 32.2. The van der Waals surface area contributed by atoms with Gasteiger partial charge in [-0.2, -0.15) is 0 Å². The van der Waals surface area contributed by atoms with E-state index in [9.17, 15) is 46.8 Å². The Morgan fingerprint density at radius 1 is 0.436 bits per heavy atom. The van der Waals surface area contributed by atoms with E-state index in [1.807, 2.05) is 0 Å². The fourth-order valence-corrected chi connectivity index (χ4v) is 10.0. The maximum absolute atomic E-state index is 13.2. The van der Waals surface area contributed by atoms with Crippen molar-refractivity contribution in [3.63, 3.8) is 0 Å². The molecule has 20 nitrogen and oxygen atoms in total. The molecule has 10 atom stereocenters. The Labute approximate surface area is 325 Å². The van der Waals surface area contributed by atoms with Gasteiger partial charge in [0.15, 0.2) is 46.5 Å². The van der Waals surface area contributed by atoms with Crippen molar-refractivity contribution in [2.75, 3.05) is 36.2 Å². The van der Waals surface area contributed by atoms with Gasteiger partial charge < -0.3 is 47.4 Å². The lowest BCUT2D eigenvalue weighted by molar-refractivity contribution is -0.237. The van der Waals surface area contributed by atoms with Crippen molar-refractivity contribution in [2.24, 2.45) is 0 Å². The summed E-state index contributed by atoms with van der Waals surface area (Å²) >= 11 is 1.76. The SMILES string of the molecule is CC(=O)OC[C@H]1O[C@@H](SCCS(=O)(=O)CCS[C@@H]2O[C@H](COC(C)=O)[C@H](OC(C)=O)[C@H](OC(C)=O)[C@H]2OC(C)=O)[C@H](OC(C)=O)[C@@H](OC(C)=O)[C@H]1OC(C)=O. The highest BCUT2D eigenvalue weighted by Gasteiger charge is 2.53. The van der Waals surface area contributed by atoms with Crippen LogP contribution < -0.4 is 0 Å². The molecular weight excluding hydrogens is 801 g/mol. The number of thioether (sulfide) groups is 2. The van der Waals surface area contributed by atoms with Crippen molar-refractivity contribution in [1.82, 2.24) is 0 Å². The molecule has 2 rings (SSSR count). The van der Waals surface area contributed by atoms with Gasteiger partial charge in [0.2, 0.25) is 0 Å². The molecular formula is C32H46O20S3. The Morgan fingerprint density at radius 3 is 0.982 bits per heavy atom. The number of sulfone groups is 1. The van der Waals surface area contributed by atoms with Crippen molar-refractivity contribution >= 4 is 81.1 Å². The van der Waals surface area contributed by atoms with Crippen molar-refractivity contribution in [1.29, 1.82) is 0 Å². The van der Waals surface area contributed by atoms with Crippen molar-refractivity contribution < 1.29 is 94.1 Å². The lowest BCUT2D eigenvalue weighted by Crippen LogP contribution is -2.61. The first-order valence-corrected chi connectivity index (χ1v) is 20.6. The molecule has 0 radical (unpaired) electrons. The molecule has 0 spiro atoms. The molecule has 0 bridgehead atoms. The Morgan fingerprint density at radius 2 is 0.709 bits per heavy atom. The van der Waals surface area contributed by atoms with Crippen LogP contribution in [0.15, 0.2) is 0 Å². The summed E-state index contributed by atoms with van der Waals surface area (Å²) in [5.74, 6) is -7.51. The van der Waals surface area contributed by atoms with E-state index in [4.69, 9.17) is 47.4 Å². The first-order chi connectivity index (χ1) is 25.6. The summed E-state index contributed by atoms with van der Waals surface area (Å²) in [5.41, 5.74) is -2.38. The van der Waals surface area contributed by atoms with Crippen LogP contribution in [0, 0.1) is 0 Å². The molecule has 0 aromatic rings. The van der Waals surface area contributed by atoms with E-state index in [0.717, 1.165) is 78.9 Å². The standard InChI is InChI=1S/C32H46O20S3/c1-15(33)43-13-23-25(45-17(3)35)27(47-19(5)37)29(49-21(7)39)31(51-23)53-9-11-55(41,42)12-10-54-32-30(50-22(8)40)28(48-20(6)38)26(46-18(4)36)24(52-32)14-44-16(2)34/h23-32H,9-14H2,1-8H3/t23-,24-,25+,26+,27+,28+,29-,30-,31+,32+/m1/s1. The predicted molar refractivity (Wildman–Crippen MR) is 187 cm³/mol. The second-order valence-corrected chi connectivity index (χ2v) is 16.7. The number of carbonyl (C=O) groups is 8. The van der Waals surface area contributed by atoms with Crippen LogP contribution in [0.25, 0.3) is 0 Å². The predicted octanol–water partition coefficient (Wildman–Crippen LogP) is 0.0338. The van der Waals surface area contributed by atoms with Crippen molar-refractivity contribution in [3.05, 3.63) is 0 Å². The Bertz CT molecular complexity index is 1410. The van der Waals surface area contributed by atoms with Gasteiger partial charge in [0.25, 0.3) is 0 Å². The fraction of sp³-hybridized carbons (Fsp3) is 0.750. The number of hydrogen-bond donors (Lipinski definition) is 0. The molecule has 312 valence electrons. The zero-order valence-corrected chi connectivity index (χ0v) is 33.9. The number of hydrogen-bond acceptors (Lipinski definition) is 22. The highest BCUT2D eigenvalue weighted by molar-refractivity contribution is 8.02. The average molecular weight is 847 g/mol. The van der Waals surface area contributed by atoms with Crippen molar-refractivity contribution in [3.8, 4) is 0 Å². The van der Waals surface area contributed by atoms with E-state index in [0.29, 0.717) is 0 Å². The second-order valence-electron chi connectivity index (χ2n) is 12.0. The van der Waals surface area contributed by atoms with Crippen LogP contribution in [0.1, 0.15) is 55.4 Å². The molecule has 2 aliphatic heterocycles. The van der Waals surface area contributed by atoms with E-state index in [2.05, 4.69) is 0 Å². The van der Waals surface area contributed by atoms with Gasteiger partial charge in [0.05, 0.1) is 11.5 Å². The number of carbonyl (C=O) groups excluding carboxylic acids is 8. The van der Waals surface area contributed by atoms with E-state index < -0.39 is 142 Å². The third-order valence-corrected chi connectivity index (χ3v) is 11.7. The van der Waals surface area contributed by atoms with Crippen LogP contribution in [0.5, 0.6) is 0 Å². The van der Waals surface area contributed by atoms with E-state index in [-0.39, 0.29) is 11.5 Å². The van der Waals surface area contributed by atoms with Crippen LogP contribution in [0.2, 0.25) is 0 Å². The third-order valence-electron chi connectivity index (χ3n) is 7.25. The normalized spacial score (nSPS) is 27.7. The Balaban J connectivity index is 2.25. The van der Waals surface area contributed by atoms with E-state index in [1.54, 1.807) is 0 Å². The summed E-state index contributed by atoms with van der Waals surface area (Å²) in [4.78, 5) is 95.4. The van der Waals surface area contributed by atoms with Gasteiger partial charge in [-0.05, 0) is 0 Å². The molecule has 55 heavy (non-hydrogen) atoms. The van der Waals surface area contributed by atoms with E-state index in [1.165, 1.54) is 0 Å². The molecule has 2 saturated heterocycles. The number of rotatable bonds is 18. The molecule has 0 N–H and O–H groups in total. The second kappa shape index (κ2) is 22.2. The first kappa shape index (κ1) is 47.5. The summed E-state index contributed by atoms with van der Waals surface area (Å²) in [6.45, 7) is 7.79. The minimum absolute atomic E-state index is 0.153. The van der Waals surface area contributed by atoms with Gasteiger partial charge in [0, 0.05) is 66.9 Å². The fourth-order valence-electron chi connectivity index (χ4n) is 5.33. The molecule has 0 aromatic heterocycles. The van der Waals surface area contributed by atoms with Crippen LogP contribution in [-0.4, -0.2) is 152 Å². The molecule has 2 aliphatic rings. The summed E-state index contributed by atoms with van der Waals surface area (Å²) in [7, 11) is -3.87. The lowest BCUT2D eigenvalue weighted by Gasteiger charge is -2.44. The Hall–Kier alpha value is -3.67. The van der Waals surface area contributed by atoms with Gasteiger partial charge in [-0.1, -0.05) is 0 Å². The Kier molecular flexibility index (Phi) is 19.1. The van der Waals surface area contributed by atoms with Crippen LogP contribution >= 0.6 is 23.5 Å². The summed E-state index contributed by atoms with van der Waals surface area (Å²) in [6.07, 6.45) is -10.8. The van der Waals surface area contributed by atoms with Crippen molar-refractivity contribution in [2.45, 2.75) is 115 Å². The van der Waals surface area contributed by atoms with Crippen LogP contribution in [-0.2, 0) is 95.6 Å². The zero-order chi connectivity index (χ0) is 41.6. The van der Waals surface area contributed by atoms with Gasteiger partial charge >= 0.3 is 47.8 Å². The summed E-state index contributed by atoms with van der Waals surface area (Å²) in [5, 5.41) is 0. The maximum Gasteiger partial charge on any atom is 0.303 e. The van der Waals surface area contributed by atoms with Gasteiger partial charge in [-0.25, -0.2) is 8.42 Å².